The van der Waals surface area contributed by atoms with Crippen molar-refractivity contribution in [3.05, 3.63) is 0 Å². The van der Waals surface area contributed by atoms with Crippen molar-refractivity contribution in [2.24, 2.45) is 5.73 Å². The number of rotatable bonds is 1. The van der Waals surface area contributed by atoms with Gasteiger partial charge in [-0.2, -0.15) is 0 Å². The number of thiol groups is 1. The molecule has 111 valence electrons. The number of hydrogen-bond acceptors (Lipinski definition) is 7. The van der Waals surface area contributed by atoms with Crippen LogP contribution >= 0.6 is 0 Å². The summed E-state index contributed by atoms with van der Waals surface area (Å²) in [5.74, 6) is -1.35. The van der Waals surface area contributed by atoms with Gasteiger partial charge in [0, 0.05) is 45.8 Å². The smallest absolute Gasteiger partial charge is 0.229 e. The van der Waals surface area contributed by atoms with E-state index in [1.807, 2.05) is 0 Å². The molecule has 1 aliphatic heterocycles. The van der Waals surface area contributed by atoms with Crippen LogP contribution in [0.1, 0.15) is 6.42 Å². The Morgan fingerprint density at radius 1 is 1.10 bits per heavy atom. The van der Waals surface area contributed by atoms with E-state index in [1.165, 1.54) is 0 Å². The Labute approximate surface area is 148 Å². The number of Topliss-reactive ketones (excluding diaryl/α,β-unsaturated/α-hetero) is 1. The molecule has 0 bridgehead atoms. The number of hydrogen-bond donors (Lipinski definition) is 4. The van der Waals surface area contributed by atoms with Crippen molar-refractivity contribution < 1.29 is 51.9 Å². The summed E-state index contributed by atoms with van der Waals surface area (Å²) >= 11 is 0. The summed E-state index contributed by atoms with van der Waals surface area (Å²) < 4.78 is 0. The van der Waals surface area contributed by atoms with Gasteiger partial charge in [-0.1, -0.05) is 6.04 Å². The zero-order chi connectivity index (χ0) is 13.5. The van der Waals surface area contributed by atoms with Crippen LogP contribution in [0.5, 0.6) is 0 Å². The molecule has 0 spiro atoms. The number of carbonyl (C=O) groups is 3. The van der Waals surface area contributed by atoms with Crippen LogP contribution in [0.15, 0.2) is 0 Å². The van der Waals surface area contributed by atoms with Crippen LogP contribution in [0.3, 0.4) is 0 Å². The molecule has 2 atom stereocenters. The average molecular weight is 377 g/mol. The van der Waals surface area contributed by atoms with Gasteiger partial charge in [-0.05, 0) is 0 Å². The second kappa shape index (κ2) is 11.3. The Balaban J connectivity index is 0. The number of carbonyl (C=O) groups excluding carboxylic acids is 4. The van der Waals surface area contributed by atoms with Gasteiger partial charge in [0.15, 0.2) is 5.78 Å². The second-order valence-electron chi connectivity index (χ2n) is 3.91. The Morgan fingerprint density at radius 3 is 2.20 bits per heavy atom. The second-order valence-corrected chi connectivity index (χ2v) is 3.91. The van der Waals surface area contributed by atoms with E-state index in [2.05, 4.69) is 16.0 Å². The van der Waals surface area contributed by atoms with Gasteiger partial charge in [0.05, 0.1) is 12.6 Å². The first kappa shape index (κ1) is 21.9. The quantitative estimate of drug-likeness (QED) is 0.160. The van der Waals surface area contributed by atoms with E-state index in [0.717, 1.165) is 0 Å². The molecule has 2 amide bonds. The van der Waals surface area contributed by atoms with E-state index in [4.69, 9.17) is 5.73 Å². The van der Waals surface area contributed by atoms with Crippen molar-refractivity contribution in [1.29, 1.82) is 0 Å². The van der Waals surface area contributed by atoms with Crippen molar-refractivity contribution in [1.82, 2.24) is 16.0 Å². The first-order valence-corrected chi connectivity index (χ1v) is 5.45. The van der Waals surface area contributed by atoms with Gasteiger partial charge in [0.25, 0.3) is 0 Å². The summed E-state index contributed by atoms with van der Waals surface area (Å²) in [7, 11) is 0. The maximum atomic E-state index is 11.5. The Bertz CT molecular complexity index is 363. The van der Waals surface area contributed by atoms with E-state index in [9.17, 15) is 19.2 Å². The van der Waals surface area contributed by atoms with E-state index in [1.54, 1.807) is 6.29 Å². The molecule has 1 rings (SSSR count). The predicted molar refractivity (Wildman–Crippen MR) is 69.9 cm³/mol. The zero-order valence-electron chi connectivity index (χ0n) is 10.7. The molecular formula is C10H16N4O4SY-2. The first-order chi connectivity index (χ1) is 8.52. The number of ketones is 1. The van der Waals surface area contributed by atoms with Crippen LogP contribution in [-0.2, 0) is 65.4 Å². The standard InChI is InChI=1S/C10H15N4O4.H2S.Y/c11-7-3-14-10(18)1-9(17)13-2-6(5-15)12-4-8(7)16;;/h6-7,12H,1-4,11H2,(H,13,17)(H,14,18);1H2;/q-1;;/p-1. The fourth-order valence-electron chi connectivity index (χ4n) is 1.33. The summed E-state index contributed by atoms with van der Waals surface area (Å²) in [6.45, 7) is -0.187. The van der Waals surface area contributed by atoms with Crippen LogP contribution in [0.25, 0.3) is 0 Å². The predicted octanol–water partition coefficient (Wildman–Crippen LogP) is -3.69. The van der Waals surface area contributed by atoms with Gasteiger partial charge in [-0.25, -0.2) is 6.29 Å². The molecule has 1 heterocycles. The fraction of sp³-hybridized carbons (Fsp3) is 0.600. The van der Waals surface area contributed by atoms with Crippen molar-refractivity contribution in [3.63, 3.8) is 0 Å². The minimum Gasteiger partial charge on any atom is -0.813 e. The molecule has 1 aliphatic rings. The van der Waals surface area contributed by atoms with Crippen molar-refractivity contribution in [2.75, 3.05) is 19.6 Å². The molecular weight excluding hydrogens is 361 g/mol. The minimum absolute atomic E-state index is 0. The van der Waals surface area contributed by atoms with Gasteiger partial charge in [0.1, 0.15) is 6.42 Å². The molecule has 0 aromatic carbocycles. The van der Waals surface area contributed by atoms with Crippen LogP contribution in [0.2, 0.25) is 0 Å². The van der Waals surface area contributed by atoms with Crippen LogP contribution < -0.4 is 21.7 Å². The molecule has 5 N–H and O–H groups in total. The third-order valence-corrected chi connectivity index (χ3v) is 2.42. The largest absolute Gasteiger partial charge is 0.813 e. The SMILES string of the molecule is NC1CNC(=O)CC(=O)NCC([C-]=O)NCC1=O.[SH-].[Y]. The molecule has 20 heavy (non-hydrogen) atoms. The molecule has 0 aromatic rings. The van der Waals surface area contributed by atoms with Gasteiger partial charge >= 0.3 is 0 Å². The molecule has 8 nitrogen and oxygen atoms in total. The van der Waals surface area contributed by atoms with E-state index in [-0.39, 0.29) is 78.0 Å². The summed E-state index contributed by atoms with van der Waals surface area (Å²) in [5, 5.41) is 7.39. The summed E-state index contributed by atoms with van der Waals surface area (Å²) in [4.78, 5) is 44.7. The summed E-state index contributed by atoms with van der Waals surface area (Å²) in [5.41, 5.74) is 5.54. The molecule has 0 aliphatic carbocycles. The fourth-order valence-corrected chi connectivity index (χ4v) is 1.33. The molecule has 1 radical (unpaired) electrons. The average Bonchev–Trinajstić information content (AvgIpc) is 2.34. The van der Waals surface area contributed by atoms with Crippen molar-refractivity contribution in [3.8, 4) is 0 Å². The monoisotopic (exact) mass is 377 g/mol. The molecule has 10 heteroatoms. The van der Waals surface area contributed by atoms with E-state index in [0.29, 0.717) is 0 Å². The molecule has 1 fully saturated rings. The first-order valence-electron chi connectivity index (χ1n) is 5.45. The Kier molecular flexibility index (Phi) is 12.4. The molecule has 0 aromatic heterocycles. The third-order valence-electron chi connectivity index (χ3n) is 2.42. The number of nitrogens with two attached hydrogens (primary N) is 1. The summed E-state index contributed by atoms with van der Waals surface area (Å²) in [6, 6.07) is -1.66. The molecule has 2 unspecified atom stereocenters. The zero-order valence-corrected chi connectivity index (χ0v) is 14.5. The Hall–Kier alpha value is -0.346. The maximum absolute atomic E-state index is 11.5. The number of amides is 2. The normalized spacial score (nSPS) is 24.8. The van der Waals surface area contributed by atoms with Crippen molar-refractivity contribution >= 4 is 37.4 Å². The van der Waals surface area contributed by atoms with E-state index >= 15 is 0 Å². The maximum Gasteiger partial charge on any atom is 0.229 e. The van der Waals surface area contributed by atoms with Crippen LogP contribution in [-0.4, -0.2) is 55.6 Å². The Morgan fingerprint density at radius 2 is 1.65 bits per heavy atom. The van der Waals surface area contributed by atoms with Crippen molar-refractivity contribution in [2.45, 2.75) is 18.5 Å². The topological polar surface area (TPSA) is 130 Å². The number of nitrogens with one attached hydrogen (secondary N) is 3. The summed E-state index contributed by atoms with van der Waals surface area (Å²) in [6.07, 6.45) is 1.29. The van der Waals surface area contributed by atoms with Crippen LogP contribution in [0.4, 0.5) is 0 Å². The minimum atomic E-state index is -0.865. The van der Waals surface area contributed by atoms with Crippen LogP contribution in [0, 0.1) is 0 Å². The third kappa shape index (κ3) is 8.06. The van der Waals surface area contributed by atoms with Gasteiger partial charge < -0.3 is 40.0 Å². The van der Waals surface area contributed by atoms with E-state index < -0.39 is 23.9 Å². The van der Waals surface area contributed by atoms with Gasteiger partial charge in [-0.3, -0.25) is 14.4 Å². The van der Waals surface area contributed by atoms with Gasteiger partial charge in [-0.15, -0.1) is 0 Å². The molecule has 0 saturated carbocycles. The molecule has 1 saturated heterocycles. The van der Waals surface area contributed by atoms with Gasteiger partial charge in [0.2, 0.25) is 11.8 Å².